The van der Waals surface area contributed by atoms with Gasteiger partial charge in [-0.3, -0.25) is 4.79 Å². The molecule has 1 aliphatic heterocycles. The Morgan fingerprint density at radius 1 is 1.42 bits per heavy atom. The van der Waals surface area contributed by atoms with Crippen molar-refractivity contribution in [1.29, 1.82) is 0 Å². The topological polar surface area (TPSA) is 90.0 Å². The summed E-state index contributed by atoms with van der Waals surface area (Å²) >= 11 is 0. The lowest BCUT2D eigenvalue weighted by molar-refractivity contribution is -0.144. The summed E-state index contributed by atoms with van der Waals surface area (Å²) in [6, 6.07) is -1.45. The maximum Gasteiger partial charge on any atom is 0.326 e. The van der Waals surface area contributed by atoms with Crippen molar-refractivity contribution >= 4 is 17.9 Å². The number of nitrogens with one attached hydrogen (secondary N) is 1. The molecule has 0 saturated carbocycles. The monoisotopic (exact) mass is 271 g/mol. The van der Waals surface area contributed by atoms with Crippen molar-refractivity contribution in [2.24, 2.45) is 0 Å². The van der Waals surface area contributed by atoms with Crippen LogP contribution in [0.15, 0.2) is 0 Å². The molecule has 7 nitrogen and oxygen atoms in total. The summed E-state index contributed by atoms with van der Waals surface area (Å²) in [5, 5.41) is 11.4. The third-order valence-corrected chi connectivity index (χ3v) is 3.45. The first-order chi connectivity index (χ1) is 8.71. The largest absolute Gasteiger partial charge is 0.480 e. The summed E-state index contributed by atoms with van der Waals surface area (Å²) in [7, 11) is 1.69. The fourth-order valence-corrected chi connectivity index (χ4v) is 2.13. The summed E-state index contributed by atoms with van der Waals surface area (Å²) in [6.07, 6.45) is 0.295. The Labute approximate surface area is 112 Å². The molecule has 3 amide bonds. The SMILES string of the molecule is CCC(NC(=O)N1CCN(C)C(=O)C1(C)C)C(=O)O. The van der Waals surface area contributed by atoms with E-state index in [4.69, 9.17) is 5.11 Å². The Kier molecular flexibility index (Phi) is 4.39. The van der Waals surface area contributed by atoms with Crippen molar-refractivity contribution in [3.8, 4) is 0 Å². The summed E-state index contributed by atoms with van der Waals surface area (Å²) in [5.41, 5.74) is -0.964. The molecule has 0 bridgehead atoms. The van der Waals surface area contributed by atoms with Crippen molar-refractivity contribution in [2.45, 2.75) is 38.8 Å². The number of piperazine rings is 1. The van der Waals surface area contributed by atoms with E-state index in [-0.39, 0.29) is 5.91 Å². The normalized spacial score (nSPS) is 20.1. The smallest absolute Gasteiger partial charge is 0.326 e. The quantitative estimate of drug-likeness (QED) is 0.762. The van der Waals surface area contributed by atoms with Crippen LogP contribution in [0.4, 0.5) is 4.79 Å². The van der Waals surface area contributed by atoms with Gasteiger partial charge in [-0.05, 0) is 20.3 Å². The van der Waals surface area contributed by atoms with Gasteiger partial charge in [0.15, 0.2) is 0 Å². The van der Waals surface area contributed by atoms with Gasteiger partial charge in [0.2, 0.25) is 5.91 Å². The Hall–Kier alpha value is -1.79. The molecule has 1 heterocycles. The number of carboxylic acids is 1. The van der Waals surface area contributed by atoms with E-state index in [0.29, 0.717) is 19.5 Å². The van der Waals surface area contributed by atoms with Crippen LogP contribution in [0.3, 0.4) is 0 Å². The number of amides is 3. The molecule has 1 saturated heterocycles. The van der Waals surface area contributed by atoms with Gasteiger partial charge in [-0.2, -0.15) is 0 Å². The third-order valence-electron chi connectivity index (χ3n) is 3.45. The van der Waals surface area contributed by atoms with E-state index < -0.39 is 23.6 Å². The van der Waals surface area contributed by atoms with Crippen LogP contribution in [0.5, 0.6) is 0 Å². The second-order valence-corrected chi connectivity index (χ2v) is 5.19. The molecule has 0 aromatic carbocycles. The predicted molar refractivity (Wildman–Crippen MR) is 68.7 cm³/mol. The molecule has 1 atom stereocenters. The van der Waals surface area contributed by atoms with Gasteiger partial charge in [-0.15, -0.1) is 0 Å². The summed E-state index contributed by atoms with van der Waals surface area (Å²) in [5.74, 6) is -1.23. The molecule has 0 aromatic rings. The van der Waals surface area contributed by atoms with E-state index in [0.717, 1.165) is 0 Å². The maximum absolute atomic E-state index is 12.1. The minimum Gasteiger partial charge on any atom is -0.480 e. The second kappa shape index (κ2) is 5.46. The van der Waals surface area contributed by atoms with Gasteiger partial charge in [-0.25, -0.2) is 9.59 Å². The van der Waals surface area contributed by atoms with Gasteiger partial charge in [-0.1, -0.05) is 6.92 Å². The van der Waals surface area contributed by atoms with Gasteiger partial charge >= 0.3 is 12.0 Å². The highest BCUT2D eigenvalue weighted by Crippen LogP contribution is 2.21. The van der Waals surface area contributed by atoms with E-state index in [9.17, 15) is 14.4 Å². The van der Waals surface area contributed by atoms with E-state index in [1.807, 2.05) is 0 Å². The molecule has 0 aliphatic carbocycles. The van der Waals surface area contributed by atoms with Crippen molar-refractivity contribution in [1.82, 2.24) is 15.1 Å². The standard InChI is InChI=1S/C12H21N3O4/c1-5-8(9(16)17)13-11(19)15-7-6-14(4)10(18)12(15,2)3/h8H,5-7H2,1-4H3,(H,13,19)(H,16,17). The highest BCUT2D eigenvalue weighted by Gasteiger charge is 2.43. The zero-order chi connectivity index (χ0) is 14.8. The fourth-order valence-electron chi connectivity index (χ4n) is 2.13. The van der Waals surface area contributed by atoms with Crippen LogP contribution in [0.1, 0.15) is 27.2 Å². The Morgan fingerprint density at radius 2 is 2.00 bits per heavy atom. The number of nitrogens with zero attached hydrogens (tertiary/aromatic N) is 2. The van der Waals surface area contributed by atoms with Crippen molar-refractivity contribution < 1.29 is 19.5 Å². The van der Waals surface area contributed by atoms with Crippen LogP contribution in [0, 0.1) is 0 Å². The molecule has 1 aliphatic rings. The molecule has 1 fully saturated rings. The number of carboxylic acid groups (broad SMARTS) is 1. The van der Waals surface area contributed by atoms with E-state index in [1.54, 1.807) is 32.7 Å². The molecule has 0 radical (unpaired) electrons. The van der Waals surface area contributed by atoms with E-state index >= 15 is 0 Å². The van der Waals surface area contributed by atoms with Crippen LogP contribution in [-0.4, -0.2) is 64.5 Å². The van der Waals surface area contributed by atoms with Gasteiger partial charge < -0.3 is 20.2 Å². The van der Waals surface area contributed by atoms with Gasteiger partial charge in [0.1, 0.15) is 11.6 Å². The number of hydrogen-bond acceptors (Lipinski definition) is 3. The first-order valence-electron chi connectivity index (χ1n) is 6.28. The number of likely N-dealkylation sites (N-methyl/N-ethyl adjacent to an activating group) is 1. The molecule has 108 valence electrons. The lowest BCUT2D eigenvalue weighted by atomic mass is 9.98. The first kappa shape index (κ1) is 15.3. The molecule has 0 aromatic heterocycles. The molecule has 2 N–H and O–H groups in total. The van der Waals surface area contributed by atoms with Crippen LogP contribution in [-0.2, 0) is 9.59 Å². The van der Waals surface area contributed by atoms with Gasteiger partial charge in [0.25, 0.3) is 0 Å². The maximum atomic E-state index is 12.1. The lowest BCUT2D eigenvalue weighted by Crippen LogP contribution is -2.66. The first-order valence-corrected chi connectivity index (χ1v) is 6.28. The molecule has 1 rings (SSSR count). The molecule has 19 heavy (non-hydrogen) atoms. The average molecular weight is 271 g/mol. The third kappa shape index (κ3) is 2.97. The predicted octanol–water partition coefficient (Wildman–Crippen LogP) is 0.112. The Balaban J connectivity index is 2.82. The zero-order valence-electron chi connectivity index (χ0n) is 11.8. The molecular weight excluding hydrogens is 250 g/mol. The number of rotatable bonds is 3. The summed E-state index contributed by atoms with van der Waals surface area (Å²) in [6.45, 7) is 5.83. The zero-order valence-corrected chi connectivity index (χ0v) is 11.8. The highest BCUT2D eigenvalue weighted by atomic mass is 16.4. The number of hydrogen-bond donors (Lipinski definition) is 2. The minimum atomic E-state index is -1.07. The number of urea groups is 1. The van der Waals surface area contributed by atoms with Crippen molar-refractivity contribution in [3.63, 3.8) is 0 Å². The van der Waals surface area contributed by atoms with Gasteiger partial charge in [0.05, 0.1) is 0 Å². The fraction of sp³-hybridized carbons (Fsp3) is 0.750. The summed E-state index contributed by atoms with van der Waals surface area (Å²) < 4.78 is 0. The van der Waals surface area contributed by atoms with Crippen LogP contribution >= 0.6 is 0 Å². The Bertz CT molecular complexity index is 394. The highest BCUT2D eigenvalue weighted by molar-refractivity contribution is 5.92. The number of carbonyl (C=O) groups is 3. The number of aliphatic carboxylic acids is 1. The second-order valence-electron chi connectivity index (χ2n) is 5.19. The molecular formula is C12H21N3O4. The van der Waals surface area contributed by atoms with Crippen molar-refractivity contribution in [2.75, 3.05) is 20.1 Å². The number of carbonyl (C=O) groups excluding carboxylic acids is 2. The van der Waals surface area contributed by atoms with Crippen molar-refractivity contribution in [3.05, 3.63) is 0 Å². The Morgan fingerprint density at radius 3 is 2.47 bits per heavy atom. The molecule has 1 unspecified atom stereocenters. The van der Waals surface area contributed by atoms with Crippen LogP contribution < -0.4 is 5.32 Å². The minimum absolute atomic E-state index is 0.155. The lowest BCUT2D eigenvalue weighted by Gasteiger charge is -2.44. The summed E-state index contributed by atoms with van der Waals surface area (Å²) in [4.78, 5) is 38.0. The van der Waals surface area contributed by atoms with E-state index in [2.05, 4.69) is 5.32 Å². The van der Waals surface area contributed by atoms with Crippen LogP contribution in [0.25, 0.3) is 0 Å². The van der Waals surface area contributed by atoms with Gasteiger partial charge in [0, 0.05) is 20.1 Å². The molecule has 7 heteroatoms. The van der Waals surface area contributed by atoms with E-state index in [1.165, 1.54) is 4.90 Å². The van der Waals surface area contributed by atoms with Crippen LogP contribution in [0.2, 0.25) is 0 Å². The average Bonchev–Trinajstić information content (AvgIpc) is 2.32. The molecule has 0 spiro atoms.